The molecule has 5 rings (SSSR count). The van der Waals surface area contributed by atoms with Crippen LogP contribution in [0.5, 0.6) is 0 Å². The van der Waals surface area contributed by atoms with Crippen LogP contribution in [0.1, 0.15) is 66.6 Å². The molecule has 3 aromatic rings. The van der Waals surface area contributed by atoms with Crippen LogP contribution in [0.15, 0.2) is 35.5 Å². The second-order valence-corrected chi connectivity index (χ2v) is 11.2. The Kier molecular flexibility index (Phi) is 7.58. The Morgan fingerprint density at radius 2 is 1.83 bits per heavy atom. The van der Waals surface area contributed by atoms with E-state index in [2.05, 4.69) is 20.4 Å². The van der Waals surface area contributed by atoms with Gasteiger partial charge in [-0.1, -0.05) is 6.42 Å². The Balaban J connectivity index is 1.27. The zero-order valence-electron chi connectivity index (χ0n) is 22.6. The molecule has 0 spiro atoms. The summed E-state index contributed by atoms with van der Waals surface area (Å²) >= 11 is 0. The lowest BCUT2D eigenvalue weighted by Crippen LogP contribution is -2.42. The van der Waals surface area contributed by atoms with Crippen LogP contribution < -0.4 is 10.9 Å². The molecular weight excluding hydrogens is 544 g/mol. The maximum absolute atomic E-state index is 15.1. The van der Waals surface area contributed by atoms with Gasteiger partial charge in [-0.05, 0) is 63.1 Å². The third-order valence-electron chi connectivity index (χ3n) is 7.72. The van der Waals surface area contributed by atoms with Crippen LogP contribution >= 0.6 is 0 Å². The number of carbonyl (C=O) groups excluding carboxylic acids is 1. The van der Waals surface area contributed by atoms with E-state index in [0.717, 1.165) is 19.0 Å². The van der Waals surface area contributed by atoms with Crippen LogP contribution in [0.4, 0.5) is 23.2 Å². The van der Waals surface area contributed by atoms with Gasteiger partial charge in [0.15, 0.2) is 5.82 Å². The lowest BCUT2D eigenvalue weighted by atomic mass is 9.84. The number of hydrogen-bond acceptors (Lipinski definition) is 7. The molecular formula is C28H30F4N6O3. The molecule has 1 aliphatic heterocycles. The van der Waals surface area contributed by atoms with E-state index in [0.29, 0.717) is 43.5 Å². The van der Waals surface area contributed by atoms with Gasteiger partial charge in [-0.2, -0.15) is 18.3 Å². The molecule has 9 nitrogen and oxygen atoms in total. The number of aromatic nitrogens is 4. The van der Waals surface area contributed by atoms with Gasteiger partial charge in [-0.25, -0.2) is 19.5 Å². The molecule has 218 valence electrons. The van der Waals surface area contributed by atoms with Gasteiger partial charge < -0.3 is 15.3 Å². The summed E-state index contributed by atoms with van der Waals surface area (Å²) in [5, 5.41) is 18.3. The lowest BCUT2D eigenvalue weighted by Gasteiger charge is -2.36. The van der Waals surface area contributed by atoms with Crippen LogP contribution in [-0.4, -0.2) is 55.2 Å². The molecule has 3 heterocycles. The number of H-pyrrole nitrogens is 1. The van der Waals surface area contributed by atoms with E-state index in [-0.39, 0.29) is 40.5 Å². The van der Waals surface area contributed by atoms with Gasteiger partial charge in [0.05, 0.1) is 23.0 Å². The predicted molar refractivity (Wildman–Crippen MR) is 142 cm³/mol. The molecule has 0 unspecified atom stereocenters. The van der Waals surface area contributed by atoms with E-state index in [1.165, 1.54) is 18.5 Å². The number of fused-ring (bicyclic) bond motifs is 1. The van der Waals surface area contributed by atoms with E-state index in [1.54, 1.807) is 24.8 Å². The van der Waals surface area contributed by atoms with Gasteiger partial charge in [0, 0.05) is 42.7 Å². The minimum Gasteiger partial charge on any atom is -0.386 e. The number of halogens is 4. The lowest BCUT2D eigenvalue weighted by molar-refractivity contribution is -0.138. The average molecular weight is 575 g/mol. The van der Waals surface area contributed by atoms with E-state index >= 15 is 4.39 Å². The maximum atomic E-state index is 15.1. The Labute approximate surface area is 233 Å². The molecule has 0 bridgehead atoms. The number of aromatic amines is 1. The SMILES string of the molecule is CC(C)(O)c1cnc(-c2cc3c(cc2F)C(=O)N(C[C@@H]2CCC[C@H](Nc4cn[nH]c(=O)c4C(F)(F)F)C2)CC3)nc1. The molecule has 13 heteroatoms. The number of nitrogens with one attached hydrogen (secondary N) is 2. The molecule has 0 radical (unpaired) electrons. The molecule has 3 N–H and O–H groups in total. The Morgan fingerprint density at radius 3 is 2.51 bits per heavy atom. The van der Waals surface area contributed by atoms with Crippen molar-refractivity contribution in [2.45, 2.75) is 63.8 Å². The minimum atomic E-state index is -4.83. The first-order chi connectivity index (χ1) is 19.3. The van der Waals surface area contributed by atoms with E-state index in [9.17, 15) is 27.9 Å². The predicted octanol–water partition coefficient (Wildman–Crippen LogP) is 4.28. The van der Waals surface area contributed by atoms with Crippen LogP contribution in [0.2, 0.25) is 0 Å². The second-order valence-electron chi connectivity index (χ2n) is 11.2. The molecule has 41 heavy (non-hydrogen) atoms. The van der Waals surface area contributed by atoms with Gasteiger partial charge in [0.25, 0.3) is 11.5 Å². The highest BCUT2D eigenvalue weighted by molar-refractivity contribution is 5.97. The zero-order valence-corrected chi connectivity index (χ0v) is 22.6. The number of carbonyl (C=O) groups is 1. The summed E-state index contributed by atoms with van der Waals surface area (Å²) in [6, 6.07) is 2.47. The number of benzene rings is 1. The van der Waals surface area contributed by atoms with E-state index < -0.39 is 28.7 Å². The summed E-state index contributed by atoms with van der Waals surface area (Å²) in [5.41, 5.74) is -2.51. The van der Waals surface area contributed by atoms with Crippen molar-refractivity contribution in [3.8, 4) is 11.4 Å². The highest BCUT2D eigenvalue weighted by atomic mass is 19.4. The summed E-state index contributed by atoms with van der Waals surface area (Å²) in [6.45, 7) is 4.00. The Morgan fingerprint density at radius 1 is 1.10 bits per heavy atom. The zero-order chi connectivity index (χ0) is 29.5. The molecule has 2 aromatic heterocycles. The van der Waals surface area contributed by atoms with Crippen molar-refractivity contribution < 1.29 is 27.5 Å². The number of alkyl halides is 3. The first-order valence-corrected chi connectivity index (χ1v) is 13.4. The fourth-order valence-electron chi connectivity index (χ4n) is 5.59. The van der Waals surface area contributed by atoms with Crippen LogP contribution in [0.25, 0.3) is 11.4 Å². The second kappa shape index (κ2) is 10.8. The third-order valence-corrected chi connectivity index (χ3v) is 7.72. The van der Waals surface area contributed by atoms with E-state index in [1.807, 2.05) is 5.10 Å². The third kappa shape index (κ3) is 6.09. The van der Waals surface area contributed by atoms with Crippen molar-refractivity contribution >= 4 is 11.6 Å². The van der Waals surface area contributed by atoms with Crippen LogP contribution in [-0.2, 0) is 18.2 Å². The highest BCUT2D eigenvalue weighted by Gasteiger charge is 2.38. The van der Waals surface area contributed by atoms with Crippen LogP contribution in [0, 0.1) is 11.7 Å². The van der Waals surface area contributed by atoms with Gasteiger partial charge in [-0.3, -0.25) is 9.59 Å². The molecule has 1 fully saturated rings. The van der Waals surface area contributed by atoms with Gasteiger partial charge in [0.2, 0.25) is 0 Å². The number of anilines is 1. The summed E-state index contributed by atoms with van der Waals surface area (Å²) in [6.07, 6.45) is 2.17. The molecule has 0 saturated heterocycles. The maximum Gasteiger partial charge on any atom is 0.423 e. The number of nitrogens with zero attached hydrogens (tertiary/aromatic N) is 4. The topological polar surface area (TPSA) is 124 Å². The van der Waals surface area contributed by atoms with E-state index in [4.69, 9.17) is 0 Å². The van der Waals surface area contributed by atoms with Crippen molar-refractivity contribution in [3.63, 3.8) is 0 Å². The molecule has 2 aliphatic rings. The number of aliphatic hydroxyl groups is 1. The van der Waals surface area contributed by atoms with Gasteiger partial charge in [0.1, 0.15) is 11.4 Å². The quantitative estimate of drug-likeness (QED) is 0.376. The number of amides is 1. The van der Waals surface area contributed by atoms with Crippen molar-refractivity contribution in [1.82, 2.24) is 25.1 Å². The fourth-order valence-corrected chi connectivity index (χ4v) is 5.59. The Bertz CT molecular complexity index is 1500. The molecule has 2 atom stereocenters. The average Bonchev–Trinajstić information content (AvgIpc) is 2.89. The smallest absolute Gasteiger partial charge is 0.386 e. The van der Waals surface area contributed by atoms with Crippen molar-refractivity contribution in [3.05, 3.63) is 69.1 Å². The first-order valence-electron chi connectivity index (χ1n) is 13.4. The fraction of sp³-hybridized carbons (Fsp3) is 0.464. The summed E-state index contributed by atoms with van der Waals surface area (Å²) in [5.74, 6) is -0.770. The normalized spacial score (nSPS) is 19.7. The molecule has 1 aliphatic carbocycles. The summed E-state index contributed by atoms with van der Waals surface area (Å²) in [4.78, 5) is 35.2. The number of rotatable bonds is 6. The van der Waals surface area contributed by atoms with Gasteiger partial charge in [-0.15, -0.1) is 0 Å². The highest BCUT2D eigenvalue weighted by Crippen LogP contribution is 2.35. The molecule has 1 amide bonds. The Hall–Kier alpha value is -3.87. The summed E-state index contributed by atoms with van der Waals surface area (Å²) < 4.78 is 55.5. The van der Waals surface area contributed by atoms with Gasteiger partial charge >= 0.3 is 6.18 Å². The first kappa shape index (κ1) is 28.7. The molecule has 1 saturated carbocycles. The van der Waals surface area contributed by atoms with Crippen molar-refractivity contribution in [1.29, 1.82) is 0 Å². The minimum absolute atomic E-state index is 0.0165. The number of hydrogen-bond donors (Lipinski definition) is 3. The standard InChI is InChI=1S/C28H30F4N6O3/c1-27(2,41)17-11-33-24(34-12-17)20-9-16-6-7-38(26(40)19(16)10-21(20)29)14-15-4-3-5-18(8-15)36-22-13-35-37-25(39)23(22)28(30,31)32/h9-13,15,18,41H,3-8,14H2,1-2H3,(H2,36,37,39)/t15-,18+/m1/s1. The monoisotopic (exact) mass is 574 g/mol. The van der Waals surface area contributed by atoms with Crippen LogP contribution in [0.3, 0.4) is 0 Å². The largest absolute Gasteiger partial charge is 0.423 e. The van der Waals surface area contributed by atoms with Crippen molar-refractivity contribution in [2.24, 2.45) is 5.92 Å². The summed E-state index contributed by atoms with van der Waals surface area (Å²) in [7, 11) is 0. The van der Waals surface area contributed by atoms with Crippen molar-refractivity contribution in [2.75, 3.05) is 18.4 Å². The molecule has 1 aromatic carbocycles.